The van der Waals surface area contributed by atoms with Crippen LogP contribution in [0.15, 0.2) is 42.6 Å². The lowest BCUT2D eigenvalue weighted by atomic mass is 9.82. The summed E-state index contributed by atoms with van der Waals surface area (Å²) >= 11 is 0. The van der Waals surface area contributed by atoms with E-state index in [9.17, 15) is 9.18 Å². The van der Waals surface area contributed by atoms with Crippen molar-refractivity contribution in [2.75, 3.05) is 25.4 Å². The van der Waals surface area contributed by atoms with Crippen LogP contribution >= 0.6 is 0 Å². The van der Waals surface area contributed by atoms with Crippen LogP contribution in [-0.2, 0) is 12.0 Å². The van der Waals surface area contributed by atoms with Crippen molar-refractivity contribution in [2.24, 2.45) is 0 Å². The largest absolute Gasteiger partial charge is 0.482 e. The van der Waals surface area contributed by atoms with Gasteiger partial charge >= 0.3 is 6.03 Å². The summed E-state index contributed by atoms with van der Waals surface area (Å²) in [7, 11) is 0. The molecular formula is C25H29FN6O2. The second-order valence-corrected chi connectivity index (χ2v) is 9.06. The van der Waals surface area contributed by atoms with Gasteiger partial charge in [-0.1, -0.05) is 18.2 Å². The van der Waals surface area contributed by atoms with Crippen LogP contribution in [-0.4, -0.2) is 45.3 Å². The van der Waals surface area contributed by atoms with Crippen LogP contribution in [0.25, 0.3) is 11.3 Å². The Morgan fingerprint density at radius 2 is 2.09 bits per heavy atom. The summed E-state index contributed by atoms with van der Waals surface area (Å²) in [5.41, 5.74) is 9.15. The van der Waals surface area contributed by atoms with E-state index in [-0.39, 0.29) is 23.1 Å². The van der Waals surface area contributed by atoms with Crippen LogP contribution in [0, 0.1) is 5.82 Å². The summed E-state index contributed by atoms with van der Waals surface area (Å²) in [5, 5.41) is 7.71. The van der Waals surface area contributed by atoms with Crippen LogP contribution in [0.3, 0.4) is 0 Å². The smallest absolute Gasteiger partial charge is 0.317 e. The van der Waals surface area contributed by atoms with Gasteiger partial charge in [0.1, 0.15) is 11.9 Å². The van der Waals surface area contributed by atoms with Crippen LogP contribution in [0.2, 0.25) is 0 Å². The van der Waals surface area contributed by atoms with Crippen molar-refractivity contribution in [1.82, 2.24) is 25.0 Å². The number of pyridine rings is 1. The molecule has 1 unspecified atom stereocenters. The fourth-order valence-corrected chi connectivity index (χ4v) is 5.07. The van der Waals surface area contributed by atoms with Crippen molar-refractivity contribution in [3.63, 3.8) is 0 Å². The van der Waals surface area contributed by atoms with E-state index in [1.54, 1.807) is 37.4 Å². The van der Waals surface area contributed by atoms with Crippen LogP contribution in [0.5, 0.6) is 5.75 Å². The van der Waals surface area contributed by atoms with Gasteiger partial charge in [0, 0.05) is 54.6 Å². The lowest BCUT2D eigenvalue weighted by Crippen LogP contribution is -2.40. The van der Waals surface area contributed by atoms with Gasteiger partial charge in [-0.2, -0.15) is 5.10 Å². The van der Waals surface area contributed by atoms with E-state index >= 15 is 0 Å². The fraction of sp³-hybridized carbons (Fsp3) is 0.400. The Balaban J connectivity index is 1.39. The number of rotatable bonds is 5. The van der Waals surface area contributed by atoms with Gasteiger partial charge in [0.05, 0.1) is 5.69 Å². The number of nitrogens with two attached hydrogens (primary N) is 1. The molecule has 0 saturated carbocycles. The van der Waals surface area contributed by atoms with E-state index in [1.165, 1.54) is 6.07 Å². The molecule has 0 radical (unpaired) electrons. The highest BCUT2D eigenvalue weighted by Crippen LogP contribution is 2.44. The molecular weight excluding hydrogens is 435 g/mol. The number of ether oxygens (including phenoxy) is 1. The molecule has 2 aromatic heterocycles. The number of amides is 2. The summed E-state index contributed by atoms with van der Waals surface area (Å²) in [4.78, 5) is 18.5. The first-order chi connectivity index (χ1) is 16.4. The van der Waals surface area contributed by atoms with E-state index in [1.807, 2.05) is 16.5 Å². The van der Waals surface area contributed by atoms with Crippen molar-refractivity contribution < 1.29 is 13.9 Å². The zero-order valence-corrected chi connectivity index (χ0v) is 19.4. The van der Waals surface area contributed by atoms with Crippen molar-refractivity contribution in [3.05, 3.63) is 59.7 Å². The first-order valence-corrected chi connectivity index (χ1v) is 11.7. The number of aromatic nitrogens is 3. The van der Waals surface area contributed by atoms with Crippen LogP contribution < -0.4 is 15.8 Å². The normalized spacial score (nSPS) is 19.9. The van der Waals surface area contributed by atoms with Gasteiger partial charge in [-0.15, -0.1) is 0 Å². The summed E-state index contributed by atoms with van der Waals surface area (Å²) in [6, 6.07) is 10.4. The molecule has 3 N–H and O–H groups in total. The summed E-state index contributed by atoms with van der Waals surface area (Å²) in [5.74, 6) is 0.301. The van der Waals surface area contributed by atoms with Crippen LogP contribution in [0.1, 0.15) is 44.1 Å². The molecule has 9 heteroatoms. The molecule has 2 atom stereocenters. The number of nitrogens with zero attached hydrogens (tertiary/aromatic N) is 4. The maximum absolute atomic E-state index is 14.2. The Hall–Kier alpha value is -3.62. The van der Waals surface area contributed by atoms with E-state index in [2.05, 4.69) is 16.4 Å². The zero-order valence-electron chi connectivity index (χ0n) is 19.4. The van der Waals surface area contributed by atoms with Gasteiger partial charge < -0.3 is 20.7 Å². The van der Waals surface area contributed by atoms with E-state index in [4.69, 9.17) is 15.6 Å². The van der Waals surface area contributed by atoms with Gasteiger partial charge in [0.2, 0.25) is 0 Å². The van der Waals surface area contributed by atoms with E-state index in [0.717, 1.165) is 42.9 Å². The quantitative estimate of drug-likeness (QED) is 0.597. The Morgan fingerprint density at radius 3 is 2.88 bits per heavy atom. The first kappa shape index (κ1) is 22.2. The Morgan fingerprint density at radius 1 is 1.29 bits per heavy atom. The average Bonchev–Trinajstić information content (AvgIpc) is 3.53. The third-order valence-corrected chi connectivity index (χ3v) is 6.92. The lowest BCUT2D eigenvalue weighted by Gasteiger charge is -2.23. The second-order valence-electron chi connectivity index (χ2n) is 9.06. The number of benzene rings is 1. The molecule has 0 bridgehead atoms. The Labute approximate surface area is 197 Å². The standard InChI is InChI=1S/C25H29FN6O2/c1-3-28-24(33)31-10-8-25(15-31)9-11-32-22(25)13-20(30-32)17-12-21(23(27)29-14-17)34-16(2)18-6-4-5-7-19(18)26/h4-7,12-14,16H,3,8-11,15H2,1-2H3,(H2,27,29)(H,28,33)/t16?,25-/m1/s1. The second kappa shape index (κ2) is 8.62. The molecule has 8 nitrogen and oxygen atoms in total. The molecule has 1 saturated heterocycles. The van der Waals surface area contributed by atoms with Gasteiger partial charge in [0.25, 0.3) is 0 Å². The SMILES string of the molecule is CCNC(=O)N1CC[C@@]2(CCn3nc(-c4cnc(N)c(OC(C)c5ccccc5F)c4)cc32)C1. The fourth-order valence-electron chi connectivity index (χ4n) is 5.07. The van der Waals surface area contributed by atoms with Gasteiger partial charge in [0.15, 0.2) is 11.6 Å². The number of fused-ring (bicyclic) bond motifs is 2. The number of anilines is 1. The topological polar surface area (TPSA) is 98.3 Å². The molecule has 1 spiro atoms. The highest BCUT2D eigenvalue weighted by molar-refractivity contribution is 5.75. The number of urea groups is 1. The number of hydrogen-bond donors (Lipinski definition) is 2. The highest BCUT2D eigenvalue weighted by Gasteiger charge is 2.46. The number of carbonyl (C=O) groups is 1. The molecule has 5 rings (SSSR count). The molecule has 2 amide bonds. The minimum Gasteiger partial charge on any atom is -0.482 e. The third-order valence-electron chi connectivity index (χ3n) is 6.92. The molecule has 2 aliphatic rings. The summed E-state index contributed by atoms with van der Waals surface area (Å²) in [6.45, 7) is 6.57. The monoisotopic (exact) mass is 464 g/mol. The number of nitrogens with one attached hydrogen (secondary N) is 1. The predicted molar refractivity (Wildman–Crippen MR) is 127 cm³/mol. The Kier molecular flexibility index (Phi) is 5.63. The maximum Gasteiger partial charge on any atom is 0.317 e. The number of nitrogen functional groups attached to an aromatic ring is 1. The van der Waals surface area contributed by atoms with Gasteiger partial charge in [-0.25, -0.2) is 14.2 Å². The molecule has 178 valence electrons. The van der Waals surface area contributed by atoms with Gasteiger partial charge in [-0.3, -0.25) is 4.68 Å². The van der Waals surface area contributed by atoms with Crippen LogP contribution in [0.4, 0.5) is 15.0 Å². The van der Waals surface area contributed by atoms with Crippen molar-refractivity contribution in [3.8, 4) is 17.0 Å². The summed E-state index contributed by atoms with van der Waals surface area (Å²) in [6.07, 6.45) is 3.04. The number of aryl methyl sites for hydroxylation is 1. The van der Waals surface area contributed by atoms with Crippen molar-refractivity contribution >= 4 is 11.8 Å². The number of hydrogen-bond acceptors (Lipinski definition) is 5. The number of likely N-dealkylation sites (tertiary alicyclic amines) is 1. The lowest BCUT2D eigenvalue weighted by molar-refractivity contribution is 0.206. The minimum atomic E-state index is -0.533. The number of halogens is 1. The molecule has 4 heterocycles. The van der Waals surface area contributed by atoms with Crippen molar-refractivity contribution in [1.29, 1.82) is 0 Å². The summed E-state index contributed by atoms with van der Waals surface area (Å²) < 4.78 is 22.2. The van der Waals surface area contributed by atoms with Crippen molar-refractivity contribution in [2.45, 2.75) is 44.8 Å². The Bertz CT molecular complexity index is 1230. The van der Waals surface area contributed by atoms with Gasteiger partial charge in [-0.05, 0) is 44.9 Å². The third kappa shape index (κ3) is 3.85. The van der Waals surface area contributed by atoms with E-state index < -0.39 is 6.10 Å². The van der Waals surface area contributed by atoms with E-state index in [0.29, 0.717) is 24.4 Å². The predicted octanol–water partition coefficient (Wildman–Crippen LogP) is 3.88. The number of carbonyl (C=O) groups excluding carboxylic acids is 1. The molecule has 34 heavy (non-hydrogen) atoms. The average molecular weight is 465 g/mol. The molecule has 0 aliphatic carbocycles. The maximum atomic E-state index is 14.2. The molecule has 1 aromatic carbocycles. The first-order valence-electron chi connectivity index (χ1n) is 11.7. The molecule has 3 aromatic rings. The molecule has 1 fully saturated rings. The minimum absolute atomic E-state index is 0.00828. The molecule has 2 aliphatic heterocycles. The highest BCUT2D eigenvalue weighted by atomic mass is 19.1. The zero-order chi connectivity index (χ0) is 23.9.